The quantitative estimate of drug-likeness (QED) is 0.755. The van der Waals surface area contributed by atoms with E-state index in [0.717, 1.165) is 7.05 Å². The van der Waals surface area contributed by atoms with Gasteiger partial charge < -0.3 is 0 Å². The van der Waals surface area contributed by atoms with E-state index >= 15 is 0 Å². The third-order valence-electron chi connectivity index (χ3n) is 2.72. The number of hydrogen-bond donors (Lipinski definition) is 0. The van der Waals surface area contributed by atoms with Crippen molar-refractivity contribution >= 4 is 0 Å². The monoisotopic (exact) mass is 306 g/mol. The molecule has 2 aromatic rings. The number of rotatable bonds is 1. The lowest BCUT2D eigenvalue weighted by Gasteiger charge is -2.13. The van der Waals surface area contributed by atoms with Gasteiger partial charge in [0.15, 0.2) is 0 Å². The minimum atomic E-state index is -4.90. The summed E-state index contributed by atoms with van der Waals surface area (Å²) >= 11 is 0. The summed E-state index contributed by atoms with van der Waals surface area (Å²) in [6, 6.07) is 2.02. The highest BCUT2D eigenvalue weighted by Gasteiger charge is 2.35. The Kier molecular flexibility index (Phi) is 3.44. The number of aromatic nitrogens is 2. The predicted molar refractivity (Wildman–Crippen MR) is 62.2 cm³/mol. The van der Waals surface area contributed by atoms with Gasteiger partial charge in [0.05, 0.1) is 5.69 Å². The van der Waals surface area contributed by atoms with E-state index in [1.165, 1.54) is 0 Å². The Labute approximate surface area is 113 Å². The SMILES string of the molecule is Cn1c(C(F)(F)F)cc(=O)n(-c2cc(F)cc(F)c2)c1=O. The van der Waals surface area contributed by atoms with E-state index in [-0.39, 0.29) is 15.2 Å². The van der Waals surface area contributed by atoms with E-state index in [9.17, 15) is 31.5 Å². The molecule has 9 heteroatoms. The lowest BCUT2D eigenvalue weighted by Crippen LogP contribution is -2.40. The fourth-order valence-corrected chi connectivity index (χ4v) is 1.80. The Morgan fingerprint density at radius 2 is 1.48 bits per heavy atom. The summed E-state index contributed by atoms with van der Waals surface area (Å²) in [5.74, 6) is -2.14. The second kappa shape index (κ2) is 4.83. The zero-order chi connectivity index (χ0) is 15.9. The van der Waals surface area contributed by atoms with Gasteiger partial charge in [0.1, 0.15) is 17.3 Å². The van der Waals surface area contributed by atoms with Crippen LogP contribution in [0, 0.1) is 11.6 Å². The molecule has 0 saturated heterocycles. The fraction of sp³-hybridized carbons (Fsp3) is 0.167. The summed E-state index contributed by atoms with van der Waals surface area (Å²) < 4.78 is 64.6. The molecule has 0 aliphatic carbocycles. The smallest absolute Gasteiger partial charge is 0.292 e. The van der Waals surface area contributed by atoms with Gasteiger partial charge in [-0.3, -0.25) is 9.36 Å². The van der Waals surface area contributed by atoms with E-state index in [2.05, 4.69) is 0 Å². The van der Waals surface area contributed by atoms with Crippen molar-refractivity contribution in [2.45, 2.75) is 6.18 Å². The molecule has 0 amide bonds. The molecule has 21 heavy (non-hydrogen) atoms. The van der Waals surface area contributed by atoms with Gasteiger partial charge in [-0.25, -0.2) is 18.1 Å². The third kappa shape index (κ3) is 2.71. The van der Waals surface area contributed by atoms with Gasteiger partial charge in [-0.1, -0.05) is 0 Å². The molecule has 0 fully saturated rings. The molecule has 1 heterocycles. The zero-order valence-electron chi connectivity index (χ0n) is 10.4. The molecular formula is C12H7F5N2O2. The molecule has 0 aliphatic heterocycles. The third-order valence-corrected chi connectivity index (χ3v) is 2.72. The maximum atomic E-state index is 13.1. The van der Waals surface area contributed by atoms with E-state index in [1.807, 2.05) is 0 Å². The lowest BCUT2D eigenvalue weighted by atomic mass is 10.3. The molecular weight excluding hydrogens is 299 g/mol. The van der Waals surface area contributed by atoms with Crippen molar-refractivity contribution in [2.24, 2.45) is 7.05 Å². The van der Waals surface area contributed by atoms with Crippen LogP contribution in [0.2, 0.25) is 0 Å². The van der Waals surface area contributed by atoms with Crippen LogP contribution in [0.5, 0.6) is 0 Å². The van der Waals surface area contributed by atoms with Gasteiger partial charge in [0.2, 0.25) is 0 Å². The summed E-state index contributed by atoms with van der Waals surface area (Å²) in [6.45, 7) is 0. The van der Waals surface area contributed by atoms with Crippen molar-refractivity contribution in [3.8, 4) is 5.69 Å². The summed E-state index contributed by atoms with van der Waals surface area (Å²) in [5, 5.41) is 0. The Morgan fingerprint density at radius 1 is 0.952 bits per heavy atom. The van der Waals surface area contributed by atoms with Crippen LogP contribution in [0.25, 0.3) is 5.69 Å². The zero-order valence-corrected chi connectivity index (χ0v) is 10.4. The summed E-state index contributed by atoms with van der Waals surface area (Å²) in [4.78, 5) is 23.5. The van der Waals surface area contributed by atoms with Crippen molar-refractivity contribution in [3.05, 3.63) is 62.4 Å². The first kappa shape index (κ1) is 14.9. The second-order valence-electron chi connectivity index (χ2n) is 4.17. The number of halogens is 5. The fourth-order valence-electron chi connectivity index (χ4n) is 1.80. The Balaban J connectivity index is 2.81. The molecule has 112 valence electrons. The molecule has 0 atom stereocenters. The molecule has 0 bridgehead atoms. The van der Waals surface area contributed by atoms with Crippen LogP contribution in [0.3, 0.4) is 0 Å². The van der Waals surface area contributed by atoms with Crippen molar-refractivity contribution in [3.63, 3.8) is 0 Å². The maximum Gasteiger partial charge on any atom is 0.431 e. The van der Waals surface area contributed by atoms with Crippen LogP contribution < -0.4 is 11.2 Å². The minimum Gasteiger partial charge on any atom is -0.292 e. The minimum absolute atomic E-state index is 0.185. The van der Waals surface area contributed by atoms with E-state index in [1.54, 1.807) is 0 Å². The summed E-state index contributed by atoms with van der Waals surface area (Å²) in [6.07, 6.45) is -4.90. The standard InChI is InChI=1S/C12H7F5N2O2/c1-18-9(12(15,16)17)5-10(20)19(11(18)21)8-3-6(13)2-7(14)4-8/h2-5H,1H3. The Bertz CT molecular complexity index is 800. The number of nitrogens with zero attached hydrogens (tertiary/aromatic N) is 2. The second-order valence-corrected chi connectivity index (χ2v) is 4.17. The van der Waals surface area contributed by atoms with Crippen molar-refractivity contribution < 1.29 is 22.0 Å². The largest absolute Gasteiger partial charge is 0.431 e. The Morgan fingerprint density at radius 3 is 1.95 bits per heavy atom. The topological polar surface area (TPSA) is 44.0 Å². The average Bonchev–Trinajstić information content (AvgIpc) is 2.31. The van der Waals surface area contributed by atoms with E-state index < -0.39 is 40.4 Å². The normalized spacial score (nSPS) is 11.7. The molecule has 1 aromatic carbocycles. The highest BCUT2D eigenvalue weighted by molar-refractivity contribution is 5.33. The van der Waals surface area contributed by atoms with Gasteiger partial charge in [-0.15, -0.1) is 0 Å². The molecule has 2 rings (SSSR count). The highest BCUT2D eigenvalue weighted by Crippen LogP contribution is 2.26. The lowest BCUT2D eigenvalue weighted by molar-refractivity contribution is -0.144. The van der Waals surface area contributed by atoms with Crippen LogP contribution in [0.15, 0.2) is 33.9 Å². The van der Waals surface area contributed by atoms with Gasteiger partial charge in [-0.2, -0.15) is 13.2 Å². The average molecular weight is 306 g/mol. The van der Waals surface area contributed by atoms with E-state index in [4.69, 9.17) is 0 Å². The molecule has 0 radical (unpaired) electrons. The molecule has 0 aliphatic rings. The van der Waals surface area contributed by atoms with Gasteiger partial charge in [-0.05, 0) is 12.1 Å². The summed E-state index contributed by atoms with van der Waals surface area (Å²) in [7, 11) is 0.802. The van der Waals surface area contributed by atoms with Crippen molar-refractivity contribution in [1.82, 2.24) is 9.13 Å². The summed E-state index contributed by atoms with van der Waals surface area (Å²) in [5.41, 5.74) is -4.65. The van der Waals surface area contributed by atoms with Crippen LogP contribution in [0.4, 0.5) is 22.0 Å². The molecule has 4 nitrogen and oxygen atoms in total. The van der Waals surface area contributed by atoms with Crippen molar-refractivity contribution in [1.29, 1.82) is 0 Å². The van der Waals surface area contributed by atoms with Crippen LogP contribution in [-0.2, 0) is 13.2 Å². The number of alkyl halides is 3. The first-order valence-corrected chi connectivity index (χ1v) is 5.48. The van der Waals surface area contributed by atoms with E-state index in [0.29, 0.717) is 18.2 Å². The maximum absolute atomic E-state index is 13.1. The Hall–Kier alpha value is -2.45. The predicted octanol–water partition coefficient (Wildman–Crippen LogP) is 1.83. The first-order chi connectivity index (χ1) is 9.61. The molecule has 0 unspecified atom stereocenters. The van der Waals surface area contributed by atoms with Crippen LogP contribution in [-0.4, -0.2) is 9.13 Å². The molecule has 0 saturated carbocycles. The van der Waals surface area contributed by atoms with Gasteiger partial charge in [0.25, 0.3) is 5.56 Å². The number of hydrogen-bond acceptors (Lipinski definition) is 2. The molecule has 1 aromatic heterocycles. The van der Waals surface area contributed by atoms with Crippen molar-refractivity contribution in [2.75, 3.05) is 0 Å². The van der Waals surface area contributed by atoms with Crippen LogP contribution >= 0.6 is 0 Å². The van der Waals surface area contributed by atoms with Crippen LogP contribution in [0.1, 0.15) is 5.69 Å². The van der Waals surface area contributed by atoms with Gasteiger partial charge in [0, 0.05) is 19.2 Å². The highest BCUT2D eigenvalue weighted by atomic mass is 19.4. The first-order valence-electron chi connectivity index (χ1n) is 5.48. The van der Waals surface area contributed by atoms with Gasteiger partial charge >= 0.3 is 11.9 Å². The number of benzene rings is 1. The molecule has 0 spiro atoms. The molecule has 0 N–H and O–H groups in total.